The van der Waals surface area contributed by atoms with E-state index in [0.717, 1.165) is 31.2 Å². The van der Waals surface area contributed by atoms with Crippen molar-refractivity contribution >= 4 is 5.91 Å². The van der Waals surface area contributed by atoms with Crippen LogP contribution in [0.1, 0.15) is 35.8 Å². The number of aromatic nitrogens is 1. The van der Waals surface area contributed by atoms with Crippen LogP contribution >= 0.6 is 0 Å². The summed E-state index contributed by atoms with van der Waals surface area (Å²) in [4.78, 5) is 15.0. The predicted octanol–water partition coefficient (Wildman–Crippen LogP) is 1.96. The first-order valence-corrected chi connectivity index (χ1v) is 5.92. The van der Waals surface area contributed by atoms with Crippen molar-refractivity contribution in [1.29, 1.82) is 0 Å². The molecule has 0 spiro atoms. The minimum Gasteiger partial charge on any atom is -0.348 e. The first-order chi connectivity index (χ1) is 8.88. The number of carbonyl (C=O) groups excluding carboxylic acids is 1. The van der Waals surface area contributed by atoms with Crippen molar-refractivity contribution < 1.29 is 18.0 Å². The number of pyridine rings is 1. The summed E-state index contributed by atoms with van der Waals surface area (Å²) in [6, 6.07) is 1.71. The number of carbonyl (C=O) groups is 1. The zero-order valence-electron chi connectivity index (χ0n) is 10.5. The fraction of sp³-hybridized carbons (Fsp3) is 0.500. The molecule has 0 bridgehead atoms. The van der Waals surface area contributed by atoms with Gasteiger partial charge in [-0.05, 0) is 18.6 Å². The van der Waals surface area contributed by atoms with Gasteiger partial charge in [-0.3, -0.25) is 9.78 Å². The van der Waals surface area contributed by atoms with E-state index >= 15 is 0 Å². The van der Waals surface area contributed by atoms with E-state index in [0.29, 0.717) is 0 Å². The SMILES string of the molecule is CCCC(CN)NC(=O)c1ccc(C(F)(F)F)nc1. The van der Waals surface area contributed by atoms with Crippen molar-refractivity contribution in [1.82, 2.24) is 10.3 Å². The van der Waals surface area contributed by atoms with E-state index in [-0.39, 0.29) is 18.2 Å². The molecule has 106 valence electrons. The maximum atomic E-state index is 12.3. The second-order valence-corrected chi connectivity index (χ2v) is 4.12. The Labute approximate surface area is 109 Å². The lowest BCUT2D eigenvalue weighted by Gasteiger charge is -2.15. The number of hydrogen-bond acceptors (Lipinski definition) is 3. The molecule has 0 aliphatic rings. The van der Waals surface area contributed by atoms with Crippen molar-refractivity contribution in [2.75, 3.05) is 6.54 Å². The van der Waals surface area contributed by atoms with Crippen LogP contribution in [0.5, 0.6) is 0 Å². The van der Waals surface area contributed by atoms with E-state index in [2.05, 4.69) is 10.3 Å². The standard InChI is InChI=1S/C12H16F3N3O/c1-2-3-9(6-16)18-11(19)8-4-5-10(17-7-8)12(13,14)15/h4-5,7,9H,2-3,6,16H2,1H3,(H,18,19). The summed E-state index contributed by atoms with van der Waals surface area (Å²) in [5, 5.41) is 2.66. The summed E-state index contributed by atoms with van der Waals surface area (Å²) in [7, 11) is 0. The summed E-state index contributed by atoms with van der Waals surface area (Å²) in [6.45, 7) is 2.24. The van der Waals surface area contributed by atoms with Gasteiger partial charge in [0.15, 0.2) is 0 Å². The summed E-state index contributed by atoms with van der Waals surface area (Å²) >= 11 is 0. The number of rotatable bonds is 5. The number of alkyl halides is 3. The van der Waals surface area contributed by atoms with Gasteiger partial charge in [0.2, 0.25) is 0 Å². The molecule has 1 aromatic rings. The summed E-state index contributed by atoms with van der Waals surface area (Å²) in [5.41, 5.74) is 4.55. The quantitative estimate of drug-likeness (QED) is 0.863. The molecule has 4 nitrogen and oxygen atoms in total. The molecule has 0 saturated heterocycles. The van der Waals surface area contributed by atoms with Crippen LogP contribution in [0.4, 0.5) is 13.2 Å². The van der Waals surface area contributed by atoms with Crippen molar-refractivity contribution in [3.8, 4) is 0 Å². The molecule has 0 saturated carbocycles. The van der Waals surface area contributed by atoms with Gasteiger partial charge in [-0.2, -0.15) is 13.2 Å². The molecule has 7 heteroatoms. The van der Waals surface area contributed by atoms with E-state index < -0.39 is 17.8 Å². The second kappa shape index (κ2) is 6.51. The Morgan fingerprint density at radius 3 is 2.58 bits per heavy atom. The molecule has 1 aromatic heterocycles. The zero-order valence-corrected chi connectivity index (χ0v) is 10.5. The van der Waals surface area contributed by atoms with Crippen LogP contribution in [0, 0.1) is 0 Å². The van der Waals surface area contributed by atoms with Crippen molar-refractivity contribution in [3.63, 3.8) is 0 Å². The van der Waals surface area contributed by atoms with Crippen molar-refractivity contribution in [3.05, 3.63) is 29.6 Å². The van der Waals surface area contributed by atoms with Gasteiger partial charge in [0, 0.05) is 18.8 Å². The molecular formula is C12H16F3N3O. The zero-order chi connectivity index (χ0) is 14.5. The number of nitrogens with zero attached hydrogens (tertiary/aromatic N) is 1. The Bertz CT molecular complexity index is 417. The van der Waals surface area contributed by atoms with Gasteiger partial charge in [-0.1, -0.05) is 13.3 Å². The normalized spacial score (nSPS) is 13.1. The van der Waals surface area contributed by atoms with E-state index in [1.54, 1.807) is 0 Å². The van der Waals surface area contributed by atoms with Gasteiger partial charge in [0.1, 0.15) is 5.69 Å². The first kappa shape index (κ1) is 15.4. The Morgan fingerprint density at radius 1 is 1.47 bits per heavy atom. The lowest BCUT2D eigenvalue weighted by Crippen LogP contribution is -2.40. The molecular weight excluding hydrogens is 259 g/mol. The smallest absolute Gasteiger partial charge is 0.348 e. The molecule has 1 atom stereocenters. The maximum Gasteiger partial charge on any atom is 0.433 e. The fourth-order valence-corrected chi connectivity index (χ4v) is 1.56. The summed E-state index contributed by atoms with van der Waals surface area (Å²) in [6.07, 6.45) is -2.02. The Hall–Kier alpha value is -1.63. The topological polar surface area (TPSA) is 68.0 Å². The number of amides is 1. The Kier molecular flexibility index (Phi) is 5.29. The lowest BCUT2D eigenvalue weighted by molar-refractivity contribution is -0.141. The summed E-state index contributed by atoms with van der Waals surface area (Å²) in [5.74, 6) is -0.467. The molecule has 0 radical (unpaired) electrons. The second-order valence-electron chi connectivity index (χ2n) is 4.12. The van der Waals surface area contributed by atoms with Gasteiger partial charge in [-0.25, -0.2) is 0 Å². The van der Waals surface area contributed by atoms with E-state index in [9.17, 15) is 18.0 Å². The number of nitrogens with one attached hydrogen (secondary N) is 1. The highest BCUT2D eigenvalue weighted by Crippen LogP contribution is 2.27. The first-order valence-electron chi connectivity index (χ1n) is 5.92. The number of nitrogens with two attached hydrogens (primary N) is 1. The van der Waals surface area contributed by atoms with Crippen LogP contribution in [-0.4, -0.2) is 23.5 Å². The third-order valence-corrected chi connectivity index (χ3v) is 2.57. The molecule has 1 amide bonds. The number of halogens is 3. The molecule has 0 aromatic carbocycles. The van der Waals surface area contributed by atoms with Crippen LogP contribution in [-0.2, 0) is 6.18 Å². The van der Waals surface area contributed by atoms with Crippen LogP contribution in [0.25, 0.3) is 0 Å². The van der Waals surface area contributed by atoms with Gasteiger partial charge in [0.05, 0.1) is 5.56 Å². The maximum absolute atomic E-state index is 12.3. The molecule has 1 heterocycles. The van der Waals surface area contributed by atoms with E-state index in [1.807, 2.05) is 6.92 Å². The van der Waals surface area contributed by atoms with Crippen LogP contribution in [0.3, 0.4) is 0 Å². The van der Waals surface area contributed by atoms with Gasteiger partial charge >= 0.3 is 6.18 Å². The molecule has 0 aliphatic carbocycles. The molecule has 0 fully saturated rings. The van der Waals surface area contributed by atoms with Gasteiger partial charge < -0.3 is 11.1 Å². The third-order valence-electron chi connectivity index (χ3n) is 2.57. The third kappa shape index (κ3) is 4.51. The highest BCUT2D eigenvalue weighted by molar-refractivity contribution is 5.94. The average molecular weight is 275 g/mol. The predicted molar refractivity (Wildman–Crippen MR) is 64.5 cm³/mol. The van der Waals surface area contributed by atoms with Crippen molar-refractivity contribution in [2.45, 2.75) is 32.0 Å². The highest BCUT2D eigenvalue weighted by Gasteiger charge is 2.32. The minimum absolute atomic E-state index is 0.0857. The van der Waals surface area contributed by atoms with E-state index in [4.69, 9.17) is 5.73 Å². The summed E-state index contributed by atoms with van der Waals surface area (Å²) < 4.78 is 36.9. The Morgan fingerprint density at radius 2 is 2.16 bits per heavy atom. The molecule has 1 rings (SSSR count). The molecule has 3 N–H and O–H groups in total. The molecule has 1 unspecified atom stereocenters. The largest absolute Gasteiger partial charge is 0.433 e. The van der Waals surface area contributed by atoms with Crippen molar-refractivity contribution in [2.24, 2.45) is 5.73 Å². The van der Waals surface area contributed by atoms with Gasteiger partial charge in [-0.15, -0.1) is 0 Å². The van der Waals surface area contributed by atoms with E-state index in [1.165, 1.54) is 0 Å². The average Bonchev–Trinajstić information content (AvgIpc) is 2.37. The van der Waals surface area contributed by atoms with Crippen LogP contribution in [0.2, 0.25) is 0 Å². The van der Waals surface area contributed by atoms with Crippen LogP contribution < -0.4 is 11.1 Å². The van der Waals surface area contributed by atoms with Crippen LogP contribution in [0.15, 0.2) is 18.3 Å². The highest BCUT2D eigenvalue weighted by atomic mass is 19.4. The fourth-order valence-electron chi connectivity index (χ4n) is 1.56. The Balaban J connectivity index is 2.73. The lowest BCUT2D eigenvalue weighted by atomic mass is 10.1. The van der Waals surface area contributed by atoms with Gasteiger partial charge in [0.25, 0.3) is 5.91 Å². The molecule has 19 heavy (non-hydrogen) atoms. The minimum atomic E-state index is -4.50. The molecule has 0 aliphatic heterocycles. The number of hydrogen-bond donors (Lipinski definition) is 2. The monoisotopic (exact) mass is 275 g/mol.